The molecule has 3 heteroatoms. The number of rotatable bonds is 3. The monoisotopic (exact) mass is 269 g/mol. The van der Waals surface area contributed by atoms with Gasteiger partial charge in [0.1, 0.15) is 0 Å². The molecule has 1 aliphatic carbocycles. The van der Waals surface area contributed by atoms with E-state index < -0.39 is 5.97 Å². The molecular formula is C17H19NO2. The van der Waals surface area contributed by atoms with E-state index in [0.717, 1.165) is 31.2 Å². The van der Waals surface area contributed by atoms with Gasteiger partial charge in [0.15, 0.2) is 0 Å². The molecule has 20 heavy (non-hydrogen) atoms. The number of hydrogen-bond acceptors (Lipinski definition) is 2. The van der Waals surface area contributed by atoms with Crippen molar-refractivity contribution in [1.29, 1.82) is 0 Å². The Labute approximate surface area is 118 Å². The van der Waals surface area contributed by atoms with Crippen molar-refractivity contribution in [3.8, 4) is 0 Å². The molecule has 0 spiro atoms. The Bertz CT molecular complexity index is 615. The summed E-state index contributed by atoms with van der Waals surface area (Å²) in [5.41, 5.74) is 2.41. The Balaban J connectivity index is 1.71. The first-order chi connectivity index (χ1) is 9.72. The standard InChI is InChI=1S/C17H19NO2/c19-17(20)10-12-3-5-13(6-4-12)14-7-8-16-15(11-14)2-1-9-18-16/h1-2,7-9,11-13H,3-6,10H2,(H,19,20). The Hall–Kier alpha value is -1.90. The lowest BCUT2D eigenvalue weighted by Crippen LogP contribution is -2.16. The van der Waals surface area contributed by atoms with Crippen molar-refractivity contribution in [2.75, 3.05) is 0 Å². The molecule has 0 bridgehead atoms. The molecule has 0 unspecified atom stereocenters. The molecule has 1 heterocycles. The fourth-order valence-electron chi connectivity index (χ4n) is 3.29. The quantitative estimate of drug-likeness (QED) is 0.916. The summed E-state index contributed by atoms with van der Waals surface area (Å²) in [5.74, 6) is 0.278. The van der Waals surface area contributed by atoms with Gasteiger partial charge in [0.25, 0.3) is 0 Å². The predicted octanol–water partition coefficient (Wildman–Crippen LogP) is 3.98. The molecule has 0 saturated heterocycles. The number of benzene rings is 1. The van der Waals surface area contributed by atoms with Crippen molar-refractivity contribution < 1.29 is 9.90 Å². The first kappa shape index (κ1) is 13.1. The van der Waals surface area contributed by atoms with Gasteiger partial charge in [-0.25, -0.2) is 0 Å². The van der Waals surface area contributed by atoms with E-state index in [1.165, 1.54) is 10.9 Å². The van der Waals surface area contributed by atoms with E-state index in [2.05, 4.69) is 29.2 Å². The second-order valence-corrected chi connectivity index (χ2v) is 5.77. The third kappa shape index (κ3) is 2.82. The Morgan fingerprint density at radius 1 is 1.20 bits per heavy atom. The number of fused-ring (bicyclic) bond motifs is 1. The van der Waals surface area contributed by atoms with Crippen LogP contribution in [-0.2, 0) is 4.79 Å². The number of pyridine rings is 1. The summed E-state index contributed by atoms with van der Waals surface area (Å²) < 4.78 is 0. The summed E-state index contributed by atoms with van der Waals surface area (Å²) in [6.45, 7) is 0. The molecular weight excluding hydrogens is 250 g/mol. The van der Waals surface area contributed by atoms with Gasteiger partial charge < -0.3 is 5.11 Å². The van der Waals surface area contributed by atoms with E-state index in [1.807, 2.05) is 12.3 Å². The van der Waals surface area contributed by atoms with Crippen LogP contribution in [0.1, 0.15) is 43.6 Å². The van der Waals surface area contributed by atoms with Gasteiger partial charge in [0.05, 0.1) is 5.52 Å². The lowest BCUT2D eigenvalue weighted by atomic mass is 9.77. The average molecular weight is 269 g/mol. The summed E-state index contributed by atoms with van der Waals surface area (Å²) in [7, 11) is 0. The van der Waals surface area contributed by atoms with E-state index in [4.69, 9.17) is 5.11 Å². The highest BCUT2D eigenvalue weighted by Crippen LogP contribution is 2.37. The highest BCUT2D eigenvalue weighted by molar-refractivity contribution is 5.79. The Morgan fingerprint density at radius 2 is 2.00 bits per heavy atom. The van der Waals surface area contributed by atoms with Crippen molar-refractivity contribution in [1.82, 2.24) is 4.98 Å². The second kappa shape index (κ2) is 5.61. The zero-order valence-electron chi connectivity index (χ0n) is 11.5. The van der Waals surface area contributed by atoms with Gasteiger partial charge in [-0.1, -0.05) is 12.1 Å². The SMILES string of the molecule is O=C(O)CC1CCC(c2ccc3ncccc3c2)CC1. The molecule has 0 amide bonds. The van der Waals surface area contributed by atoms with Crippen LogP contribution < -0.4 is 0 Å². The molecule has 0 aliphatic heterocycles. The van der Waals surface area contributed by atoms with Gasteiger partial charge in [-0.05, 0) is 61.3 Å². The lowest BCUT2D eigenvalue weighted by Gasteiger charge is -2.28. The van der Waals surface area contributed by atoms with Gasteiger partial charge in [-0.3, -0.25) is 9.78 Å². The van der Waals surface area contributed by atoms with Crippen molar-refractivity contribution >= 4 is 16.9 Å². The van der Waals surface area contributed by atoms with Crippen molar-refractivity contribution in [2.45, 2.75) is 38.0 Å². The number of carboxylic acids is 1. The summed E-state index contributed by atoms with van der Waals surface area (Å²) in [4.78, 5) is 15.1. The first-order valence-corrected chi connectivity index (χ1v) is 7.29. The molecule has 1 fully saturated rings. The molecule has 3 nitrogen and oxygen atoms in total. The van der Waals surface area contributed by atoms with Gasteiger partial charge in [-0.2, -0.15) is 0 Å². The lowest BCUT2D eigenvalue weighted by molar-refractivity contribution is -0.138. The summed E-state index contributed by atoms with van der Waals surface area (Å²) in [5, 5.41) is 10.1. The minimum atomic E-state index is -0.662. The number of carboxylic acid groups (broad SMARTS) is 1. The fraction of sp³-hybridized carbons (Fsp3) is 0.412. The predicted molar refractivity (Wildman–Crippen MR) is 78.7 cm³/mol. The van der Waals surface area contributed by atoms with E-state index in [-0.39, 0.29) is 0 Å². The zero-order chi connectivity index (χ0) is 13.9. The van der Waals surface area contributed by atoms with Gasteiger partial charge >= 0.3 is 5.97 Å². The minimum Gasteiger partial charge on any atom is -0.481 e. The van der Waals surface area contributed by atoms with Crippen LogP contribution in [0.5, 0.6) is 0 Å². The summed E-state index contributed by atoms with van der Waals surface area (Å²) in [6, 6.07) is 10.6. The molecule has 3 rings (SSSR count). The van der Waals surface area contributed by atoms with Crippen molar-refractivity contribution in [3.05, 3.63) is 42.1 Å². The molecule has 2 aromatic rings. The molecule has 0 radical (unpaired) electrons. The molecule has 104 valence electrons. The number of aliphatic carboxylic acids is 1. The first-order valence-electron chi connectivity index (χ1n) is 7.29. The molecule has 0 atom stereocenters. The van der Waals surface area contributed by atoms with Gasteiger partial charge in [-0.15, -0.1) is 0 Å². The number of hydrogen-bond donors (Lipinski definition) is 1. The van der Waals surface area contributed by atoms with Crippen LogP contribution in [0.3, 0.4) is 0 Å². The largest absolute Gasteiger partial charge is 0.481 e. The Morgan fingerprint density at radius 3 is 2.75 bits per heavy atom. The van der Waals surface area contributed by atoms with Crippen molar-refractivity contribution in [3.63, 3.8) is 0 Å². The van der Waals surface area contributed by atoms with Crippen LogP contribution in [0.15, 0.2) is 36.5 Å². The van der Waals surface area contributed by atoms with Crippen LogP contribution in [0.25, 0.3) is 10.9 Å². The topological polar surface area (TPSA) is 50.2 Å². The summed E-state index contributed by atoms with van der Waals surface area (Å²) >= 11 is 0. The van der Waals surface area contributed by atoms with E-state index in [1.54, 1.807) is 0 Å². The highest BCUT2D eigenvalue weighted by Gasteiger charge is 2.24. The number of nitrogens with zero attached hydrogens (tertiary/aromatic N) is 1. The third-order valence-electron chi connectivity index (χ3n) is 4.41. The van der Waals surface area contributed by atoms with Crippen LogP contribution >= 0.6 is 0 Å². The molecule has 1 saturated carbocycles. The summed E-state index contributed by atoms with van der Waals surface area (Å²) in [6.07, 6.45) is 6.41. The molecule has 1 aliphatic rings. The molecule has 1 aromatic carbocycles. The highest BCUT2D eigenvalue weighted by atomic mass is 16.4. The maximum absolute atomic E-state index is 10.8. The molecule has 1 N–H and O–H groups in total. The van der Waals surface area contributed by atoms with E-state index >= 15 is 0 Å². The average Bonchev–Trinajstić information content (AvgIpc) is 2.47. The maximum Gasteiger partial charge on any atom is 0.303 e. The van der Waals surface area contributed by atoms with Crippen LogP contribution in [0, 0.1) is 5.92 Å². The number of carbonyl (C=O) groups is 1. The maximum atomic E-state index is 10.8. The van der Waals surface area contributed by atoms with E-state index in [9.17, 15) is 4.79 Å². The van der Waals surface area contributed by atoms with E-state index in [0.29, 0.717) is 18.3 Å². The second-order valence-electron chi connectivity index (χ2n) is 5.77. The van der Waals surface area contributed by atoms with Crippen LogP contribution in [0.2, 0.25) is 0 Å². The Kier molecular flexibility index (Phi) is 3.68. The minimum absolute atomic E-state index is 0.328. The van der Waals surface area contributed by atoms with Crippen LogP contribution in [-0.4, -0.2) is 16.1 Å². The smallest absolute Gasteiger partial charge is 0.303 e. The van der Waals surface area contributed by atoms with Gasteiger partial charge in [0.2, 0.25) is 0 Å². The zero-order valence-corrected chi connectivity index (χ0v) is 11.5. The fourth-order valence-corrected chi connectivity index (χ4v) is 3.29. The third-order valence-corrected chi connectivity index (χ3v) is 4.41. The molecule has 1 aromatic heterocycles. The van der Waals surface area contributed by atoms with Crippen molar-refractivity contribution in [2.24, 2.45) is 5.92 Å². The number of aromatic nitrogens is 1. The normalized spacial score (nSPS) is 22.8. The van der Waals surface area contributed by atoms with Crippen LogP contribution in [0.4, 0.5) is 0 Å². The van der Waals surface area contributed by atoms with Gasteiger partial charge in [0, 0.05) is 18.0 Å².